The Hall–Kier alpha value is -0.120. The molecular weight excluding hydrogens is 190 g/mol. The molecule has 3 heteroatoms. The molecule has 0 amide bonds. The number of rotatable bonds is 5. The van der Waals surface area contributed by atoms with Crippen LogP contribution in [0.15, 0.2) is 0 Å². The Balaban J connectivity index is 2.41. The fraction of sp³-hybridized carbons (Fsp3) is 1.00. The zero-order valence-electron chi connectivity index (χ0n) is 10.5. The molecule has 1 aliphatic carbocycles. The first-order valence-electron chi connectivity index (χ1n) is 5.98. The van der Waals surface area contributed by atoms with Gasteiger partial charge in [-0.3, -0.25) is 0 Å². The van der Waals surface area contributed by atoms with Gasteiger partial charge in [-0.2, -0.15) is 0 Å². The van der Waals surface area contributed by atoms with Gasteiger partial charge in [-0.1, -0.05) is 19.3 Å². The highest BCUT2D eigenvalue weighted by Crippen LogP contribution is 2.21. The van der Waals surface area contributed by atoms with E-state index in [1.165, 1.54) is 32.1 Å². The van der Waals surface area contributed by atoms with Gasteiger partial charge >= 0.3 is 0 Å². The molecule has 1 unspecified atom stereocenters. The lowest BCUT2D eigenvalue weighted by molar-refractivity contribution is -0.210. The van der Waals surface area contributed by atoms with Gasteiger partial charge in [0.2, 0.25) is 0 Å². The quantitative estimate of drug-likeness (QED) is 0.714. The molecule has 90 valence electrons. The second-order valence-electron chi connectivity index (χ2n) is 4.65. The Labute approximate surface area is 93.5 Å². The van der Waals surface area contributed by atoms with Crippen LogP contribution in [0.4, 0.5) is 0 Å². The van der Waals surface area contributed by atoms with E-state index in [2.05, 4.69) is 12.2 Å². The van der Waals surface area contributed by atoms with Crippen LogP contribution in [-0.2, 0) is 9.47 Å². The monoisotopic (exact) mass is 215 g/mol. The summed E-state index contributed by atoms with van der Waals surface area (Å²) in [4.78, 5) is 0. The maximum absolute atomic E-state index is 5.41. The van der Waals surface area contributed by atoms with Crippen molar-refractivity contribution in [2.24, 2.45) is 0 Å². The minimum atomic E-state index is -0.516. The number of methoxy groups -OCH3 is 2. The van der Waals surface area contributed by atoms with Gasteiger partial charge in [-0.25, -0.2) is 0 Å². The SMILES string of the molecule is COC(C)(OC)C(C)NC1CCCCC1. The average Bonchev–Trinajstić information content (AvgIpc) is 2.29. The van der Waals surface area contributed by atoms with Crippen molar-refractivity contribution in [2.45, 2.75) is 63.8 Å². The molecule has 0 radical (unpaired) electrons. The first kappa shape index (κ1) is 12.9. The molecule has 0 bridgehead atoms. The van der Waals surface area contributed by atoms with E-state index in [1.54, 1.807) is 14.2 Å². The van der Waals surface area contributed by atoms with Crippen molar-refractivity contribution in [3.05, 3.63) is 0 Å². The van der Waals surface area contributed by atoms with Crippen molar-refractivity contribution in [3.8, 4) is 0 Å². The maximum Gasteiger partial charge on any atom is 0.179 e. The van der Waals surface area contributed by atoms with Crippen LogP contribution >= 0.6 is 0 Å². The van der Waals surface area contributed by atoms with Crippen LogP contribution in [0.3, 0.4) is 0 Å². The fourth-order valence-corrected chi connectivity index (χ4v) is 2.21. The van der Waals surface area contributed by atoms with Crippen molar-refractivity contribution in [3.63, 3.8) is 0 Å². The lowest BCUT2D eigenvalue weighted by Gasteiger charge is -2.36. The standard InChI is InChI=1S/C12H25NO2/c1-10(12(2,14-3)15-4)13-11-8-6-5-7-9-11/h10-11,13H,5-9H2,1-4H3. The van der Waals surface area contributed by atoms with Gasteiger partial charge in [0, 0.05) is 20.3 Å². The van der Waals surface area contributed by atoms with Crippen LogP contribution in [0.25, 0.3) is 0 Å². The third-order valence-electron chi connectivity index (χ3n) is 3.69. The summed E-state index contributed by atoms with van der Waals surface area (Å²) in [6.07, 6.45) is 6.65. The largest absolute Gasteiger partial charge is 0.352 e. The van der Waals surface area contributed by atoms with Gasteiger partial charge in [0.25, 0.3) is 0 Å². The van der Waals surface area contributed by atoms with Gasteiger partial charge in [0.1, 0.15) is 0 Å². The lowest BCUT2D eigenvalue weighted by Crippen LogP contribution is -2.53. The highest BCUT2D eigenvalue weighted by molar-refractivity contribution is 4.82. The molecule has 3 nitrogen and oxygen atoms in total. The van der Waals surface area contributed by atoms with Gasteiger partial charge in [-0.15, -0.1) is 0 Å². The van der Waals surface area contributed by atoms with E-state index in [-0.39, 0.29) is 6.04 Å². The van der Waals surface area contributed by atoms with Gasteiger partial charge in [0.05, 0.1) is 6.04 Å². The molecule has 0 saturated heterocycles. The van der Waals surface area contributed by atoms with E-state index in [0.29, 0.717) is 6.04 Å². The molecule has 0 aromatic heterocycles. The van der Waals surface area contributed by atoms with Crippen molar-refractivity contribution < 1.29 is 9.47 Å². The predicted molar refractivity (Wildman–Crippen MR) is 61.9 cm³/mol. The van der Waals surface area contributed by atoms with Crippen molar-refractivity contribution in [1.29, 1.82) is 0 Å². The summed E-state index contributed by atoms with van der Waals surface area (Å²) >= 11 is 0. The van der Waals surface area contributed by atoms with E-state index < -0.39 is 5.79 Å². The van der Waals surface area contributed by atoms with Crippen molar-refractivity contribution >= 4 is 0 Å². The van der Waals surface area contributed by atoms with Crippen LogP contribution in [0.1, 0.15) is 46.0 Å². The zero-order valence-corrected chi connectivity index (χ0v) is 10.5. The number of nitrogens with one attached hydrogen (secondary N) is 1. The molecule has 1 rings (SSSR count). The molecule has 1 N–H and O–H groups in total. The predicted octanol–water partition coefficient (Wildman–Crippen LogP) is 2.31. The molecule has 1 fully saturated rings. The molecule has 1 aliphatic rings. The lowest BCUT2D eigenvalue weighted by atomic mass is 9.94. The van der Waals surface area contributed by atoms with Crippen LogP contribution < -0.4 is 5.32 Å². The summed E-state index contributed by atoms with van der Waals surface area (Å²) in [5.41, 5.74) is 0. The summed E-state index contributed by atoms with van der Waals surface area (Å²) in [6, 6.07) is 0.856. The second-order valence-corrected chi connectivity index (χ2v) is 4.65. The minimum Gasteiger partial charge on any atom is -0.352 e. The molecular formula is C12H25NO2. The smallest absolute Gasteiger partial charge is 0.179 e. The maximum atomic E-state index is 5.41. The zero-order chi connectivity index (χ0) is 11.3. The Morgan fingerprint density at radius 2 is 1.67 bits per heavy atom. The van der Waals surface area contributed by atoms with Gasteiger partial charge in [0.15, 0.2) is 5.79 Å². The molecule has 0 spiro atoms. The summed E-state index contributed by atoms with van der Waals surface area (Å²) in [6.45, 7) is 4.11. The van der Waals surface area contributed by atoms with Gasteiger partial charge < -0.3 is 14.8 Å². The van der Waals surface area contributed by atoms with Crippen LogP contribution in [0.5, 0.6) is 0 Å². The highest BCUT2D eigenvalue weighted by atomic mass is 16.7. The summed E-state index contributed by atoms with van der Waals surface area (Å²) in [5, 5.41) is 3.61. The first-order chi connectivity index (χ1) is 7.12. The number of hydrogen-bond donors (Lipinski definition) is 1. The third kappa shape index (κ3) is 3.44. The van der Waals surface area contributed by atoms with Crippen LogP contribution in [0.2, 0.25) is 0 Å². The van der Waals surface area contributed by atoms with Gasteiger partial charge in [-0.05, 0) is 26.7 Å². The minimum absolute atomic E-state index is 0.218. The normalized spacial score (nSPS) is 21.6. The van der Waals surface area contributed by atoms with E-state index in [4.69, 9.17) is 9.47 Å². The van der Waals surface area contributed by atoms with E-state index in [1.807, 2.05) is 6.92 Å². The summed E-state index contributed by atoms with van der Waals surface area (Å²) < 4.78 is 10.8. The Bertz CT molecular complexity index is 174. The van der Waals surface area contributed by atoms with E-state index >= 15 is 0 Å². The van der Waals surface area contributed by atoms with Crippen molar-refractivity contribution in [2.75, 3.05) is 14.2 Å². The average molecular weight is 215 g/mol. The Morgan fingerprint density at radius 3 is 2.13 bits per heavy atom. The Morgan fingerprint density at radius 1 is 1.13 bits per heavy atom. The number of ether oxygens (including phenoxy) is 2. The molecule has 1 atom stereocenters. The number of hydrogen-bond acceptors (Lipinski definition) is 3. The highest BCUT2D eigenvalue weighted by Gasteiger charge is 2.32. The molecule has 15 heavy (non-hydrogen) atoms. The van der Waals surface area contributed by atoms with E-state index in [0.717, 1.165) is 0 Å². The summed E-state index contributed by atoms with van der Waals surface area (Å²) in [7, 11) is 3.39. The molecule has 0 aromatic rings. The second kappa shape index (κ2) is 5.83. The molecule has 0 heterocycles. The first-order valence-corrected chi connectivity index (χ1v) is 5.98. The molecule has 0 aliphatic heterocycles. The van der Waals surface area contributed by atoms with Crippen molar-refractivity contribution in [1.82, 2.24) is 5.32 Å². The van der Waals surface area contributed by atoms with Crippen LogP contribution in [0, 0.1) is 0 Å². The summed E-state index contributed by atoms with van der Waals surface area (Å²) in [5.74, 6) is -0.516. The van der Waals surface area contributed by atoms with E-state index in [9.17, 15) is 0 Å². The third-order valence-corrected chi connectivity index (χ3v) is 3.69. The topological polar surface area (TPSA) is 30.5 Å². The fourth-order valence-electron chi connectivity index (χ4n) is 2.21. The molecule has 1 saturated carbocycles. The van der Waals surface area contributed by atoms with Crippen LogP contribution in [-0.4, -0.2) is 32.1 Å². The Kier molecular flexibility index (Phi) is 5.03. The molecule has 0 aromatic carbocycles.